The minimum atomic E-state index is -0.0787. The fourth-order valence-electron chi connectivity index (χ4n) is 2.66. The van der Waals surface area contributed by atoms with E-state index in [2.05, 4.69) is 42.5 Å². The van der Waals surface area contributed by atoms with Crippen molar-refractivity contribution in [1.82, 2.24) is 0 Å². The lowest BCUT2D eigenvalue weighted by atomic mass is 10.2. The van der Waals surface area contributed by atoms with Crippen molar-refractivity contribution >= 4 is 49.1 Å². The summed E-state index contributed by atoms with van der Waals surface area (Å²) in [7, 11) is 0. The van der Waals surface area contributed by atoms with E-state index in [1.807, 2.05) is 66.7 Å². The summed E-state index contributed by atoms with van der Waals surface area (Å²) >= 11 is 7.21. The standard InChI is InChI=1S/C22H20Br2N2O2/c1-15(27)26-19-9-7-18(8-10-19)25-13-17-11-20(23)22(21(24)12-17)28-14-16-5-3-2-4-6-16/h2-12,25H,13-14H2,1H3,(H,26,27). The third-order valence-electron chi connectivity index (χ3n) is 3.99. The summed E-state index contributed by atoms with van der Waals surface area (Å²) in [6, 6.07) is 21.8. The van der Waals surface area contributed by atoms with Crippen molar-refractivity contribution in [1.29, 1.82) is 0 Å². The van der Waals surface area contributed by atoms with Crippen molar-refractivity contribution in [2.24, 2.45) is 0 Å². The van der Waals surface area contributed by atoms with Crippen LogP contribution in [0.1, 0.15) is 18.1 Å². The van der Waals surface area contributed by atoms with Gasteiger partial charge in [-0.05, 0) is 79.4 Å². The smallest absolute Gasteiger partial charge is 0.221 e. The molecule has 0 heterocycles. The van der Waals surface area contributed by atoms with E-state index in [0.29, 0.717) is 13.2 Å². The highest BCUT2D eigenvalue weighted by Gasteiger charge is 2.10. The van der Waals surface area contributed by atoms with E-state index in [1.165, 1.54) is 6.92 Å². The molecule has 2 N–H and O–H groups in total. The largest absolute Gasteiger partial charge is 0.487 e. The molecule has 0 radical (unpaired) electrons. The molecule has 3 rings (SSSR count). The van der Waals surface area contributed by atoms with Crippen LogP contribution in [-0.4, -0.2) is 5.91 Å². The number of carbonyl (C=O) groups excluding carboxylic acids is 1. The van der Waals surface area contributed by atoms with Crippen LogP contribution in [0.4, 0.5) is 11.4 Å². The monoisotopic (exact) mass is 502 g/mol. The SMILES string of the molecule is CC(=O)Nc1ccc(NCc2cc(Br)c(OCc3ccccc3)c(Br)c2)cc1. The van der Waals surface area contributed by atoms with Crippen molar-refractivity contribution in [2.45, 2.75) is 20.1 Å². The fourth-order valence-corrected chi connectivity index (χ4v) is 4.17. The van der Waals surface area contributed by atoms with Gasteiger partial charge in [-0.2, -0.15) is 0 Å². The van der Waals surface area contributed by atoms with E-state index in [1.54, 1.807) is 0 Å². The maximum Gasteiger partial charge on any atom is 0.221 e. The van der Waals surface area contributed by atoms with Gasteiger partial charge in [-0.1, -0.05) is 30.3 Å². The summed E-state index contributed by atoms with van der Waals surface area (Å²) in [5, 5.41) is 6.14. The van der Waals surface area contributed by atoms with Crippen molar-refractivity contribution in [3.8, 4) is 5.75 Å². The van der Waals surface area contributed by atoms with Gasteiger partial charge in [0.2, 0.25) is 5.91 Å². The normalized spacial score (nSPS) is 10.4. The first kappa shape index (κ1) is 20.4. The molecule has 0 spiro atoms. The molecule has 4 nitrogen and oxygen atoms in total. The molecule has 1 amide bonds. The van der Waals surface area contributed by atoms with Gasteiger partial charge in [-0.3, -0.25) is 4.79 Å². The molecule has 3 aromatic rings. The number of ether oxygens (including phenoxy) is 1. The molecule has 0 aliphatic rings. The Morgan fingerprint density at radius 2 is 1.50 bits per heavy atom. The van der Waals surface area contributed by atoms with Crippen LogP contribution in [-0.2, 0) is 17.9 Å². The molecule has 0 aromatic heterocycles. The topological polar surface area (TPSA) is 50.4 Å². The number of hydrogen-bond donors (Lipinski definition) is 2. The van der Waals surface area contributed by atoms with Crippen LogP contribution in [0.25, 0.3) is 0 Å². The zero-order chi connectivity index (χ0) is 19.9. The van der Waals surface area contributed by atoms with Gasteiger partial charge < -0.3 is 15.4 Å². The maximum atomic E-state index is 11.1. The summed E-state index contributed by atoms with van der Waals surface area (Å²) in [4.78, 5) is 11.1. The number of rotatable bonds is 7. The molecule has 0 aliphatic carbocycles. The van der Waals surface area contributed by atoms with Crippen LogP contribution in [0.3, 0.4) is 0 Å². The Hall–Kier alpha value is -2.31. The third kappa shape index (κ3) is 5.84. The Morgan fingerprint density at radius 1 is 0.893 bits per heavy atom. The fraction of sp³-hybridized carbons (Fsp3) is 0.136. The zero-order valence-electron chi connectivity index (χ0n) is 15.3. The molecule has 0 atom stereocenters. The quantitative estimate of drug-likeness (QED) is 0.394. The van der Waals surface area contributed by atoms with Crippen LogP contribution in [0.2, 0.25) is 0 Å². The van der Waals surface area contributed by atoms with Crippen molar-refractivity contribution in [3.63, 3.8) is 0 Å². The average Bonchev–Trinajstić information content (AvgIpc) is 2.67. The van der Waals surface area contributed by atoms with E-state index >= 15 is 0 Å². The number of anilines is 2. The minimum absolute atomic E-state index is 0.0787. The molecular weight excluding hydrogens is 484 g/mol. The molecule has 3 aromatic carbocycles. The zero-order valence-corrected chi connectivity index (χ0v) is 18.5. The number of carbonyl (C=O) groups is 1. The van der Waals surface area contributed by atoms with Crippen LogP contribution in [0.15, 0.2) is 75.7 Å². The van der Waals surface area contributed by atoms with Crippen LogP contribution in [0, 0.1) is 0 Å². The lowest BCUT2D eigenvalue weighted by Gasteiger charge is -2.13. The average molecular weight is 504 g/mol. The molecular formula is C22H20Br2N2O2. The van der Waals surface area contributed by atoms with Gasteiger partial charge in [-0.15, -0.1) is 0 Å². The van der Waals surface area contributed by atoms with Gasteiger partial charge in [0.1, 0.15) is 12.4 Å². The lowest BCUT2D eigenvalue weighted by Crippen LogP contribution is -2.06. The van der Waals surface area contributed by atoms with Crippen LogP contribution in [0.5, 0.6) is 5.75 Å². The van der Waals surface area contributed by atoms with E-state index in [9.17, 15) is 4.79 Å². The van der Waals surface area contributed by atoms with E-state index in [4.69, 9.17) is 4.74 Å². The molecule has 6 heteroatoms. The summed E-state index contributed by atoms with van der Waals surface area (Å²) in [5.74, 6) is 0.706. The second-order valence-electron chi connectivity index (χ2n) is 6.27. The molecule has 0 aliphatic heterocycles. The molecule has 0 fully saturated rings. The second-order valence-corrected chi connectivity index (χ2v) is 7.98. The van der Waals surface area contributed by atoms with Crippen LogP contribution >= 0.6 is 31.9 Å². The molecule has 0 unspecified atom stereocenters. The lowest BCUT2D eigenvalue weighted by molar-refractivity contribution is -0.114. The first-order valence-electron chi connectivity index (χ1n) is 8.77. The van der Waals surface area contributed by atoms with Gasteiger partial charge in [0.25, 0.3) is 0 Å². The number of benzene rings is 3. The predicted molar refractivity (Wildman–Crippen MR) is 121 cm³/mol. The predicted octanol–water partition coefficient (Wildman–Crippen LogP) is 6.36. The summed E-state index contributed by atoms with van der Waals surface area (Å²) in [6.07, 6.45) is 0. The minimum Gasteiger partial charge on any atom is -0.487 e. The van der Waals surface area contributed by atoms with Crippen molar-refractivity contribution in [2.75, 3.05) is 10.6 Å². The van der Waals surface area contributed by atoms with Gasteiger partial charge in [-0.25, -0.2) is 0 Å². The summed E-state index contributed by atoms with van der Waals surface area (Å²) in [6.45, 7) is 2.67. The second kappa shape index (κ2) is 9.75. The Labute approximate surface area is 181 Å². The van der Waals surface area contributed by atoms with E-state index in [0.717, 1.165) is 37.2 Å². The number of hydrogen-bond acceptors (Lipinski definition) is 3. The first-order valence-corrected chi connectivity index (χ1v) is 10.4. The molecule has 28 heavy (non-hydrogen) atoms. The van der Waals surface area contributed by atoms with Crippen molar-refractivity contribution < 1.29 is 9.53 Å². The van der Waals surface area contributed by atoms with E-state index < -0.39 is 0 Å². The first-order chi connectivity index (χ1) is 13.5. The number of halogens is 2. The Morgan fingerprint density at radius 3 is 2.11 bits per heavy atom. The molecule has 144 valence electrons. The number of nitrogens with one attached hydrogen (secondary N) is 2. The highest BCUT2D eigenvalue weighted by Crippen LogP contribution is 2.35. The Bertz CT molecular complexity index is 922. The Kier molecular flexibility index (Phi) is 7.12. The van der Waals surface area contributed by atoms with Gasteiger partial charge >= 0.3 is 0 Å². The van der Waals surface area contributed by atoms with Gasteiger partial charge in [0, 0.05) is 24.8 Å². The maximum absolute atomic E-state index is 11.1. The molecule has 0 bridgehead atoms. The molecule has 0 saturated carbocycles. The third-order valence-corrected chi connectivity index (χ3v) is 5.16. The van der Waals surface area contributed by atoms with Crippen LogP contribution < -0.4 is 15.4 Å². The summed E-state index contributed by atoms with van der Waals surface area (Å²) < 4.78 is 7.77. The van der Waals surface area contributed by atoms with Gasteiger partial charge in [0.05, 0.1) is 8.95 Å². The summed E-state index contributed by atoms with van der Waals surface area (Å²) in [5.41, 5.74) is 3.99. The van der Waals surface area contributed by atoms with Gasteiger partial charge in [0.15, 0.2) is 0 Å². The molecule has 0 saturated heterocycles. The number of amides is 1. The Balaban J connectivity index is 1.61. The van der Waals surface area contributed by atoms with Crippen molar-refractivity contribution in [3.05, 3.63) is 86.8 Å². The highest BCUT2D eigenvalue weighted by atomic mass is 79.9. The van der Waals surface area contributed by atoms with E-state index in [-0.39, 0.29) is 5.91 Å². The highest BCUT2D eigenvalue weighted by molar-refractivity contribution is 9.11.